The van der Waals surface area contributed by atoms with E-state index < -0.39 is 70.4 Å². The number of nitrogens with one attached hydrogen (secondary N) is 1. The minimum absolute atomic E-state index is 0.124. The molecule has 4 aliphatic rings. The predicted octanol–water partition coefficient (Wildman–Crippen LogP) is 3.38. The molecule has 204 valence electrons. The lowest BCUT2D eigenvalue weighted by atomic mass is 9.92. The van der Waals surface area contributed by atoms with Crippen molar-refractivity contribution in [3.8, 4) is 0 Å². The zero-order chi connectivity index (χ0) is 26.9. The van der Waals surface area contributed by atoms with Crippen LogP contribution in [0.1, 0.15) is 33.3 Å². The first-order chi connectivity index (χ1) is 17.2. The van der Waals surface area contributed by atoms with Crippen LogP contribution in [0.3, 0.4) is 0 Å². The number of aryl methyl sites for hydroxylation is 1. The Balaban J connectivity index is 1.49. The van der Waals surface area contributed by atoms with Crippen LogP contribution in [0.15, 0.2) is 50.3 Å². The van der Waals surface area contributed by atoms with Crippen LogP contribution in [0.25, 0.3) is 0 Å². The third-order valence-electron chi connectivity index (χ3n) is 6.76. The molecule has 1 aromatic rings. The van der Waals surface area contributed by atoms with E-state index in [4.69, 9.17) is 23.7 Å². The van der Waals surface area contributed by atoms with Crippen molar-refractivity contribution in [1.29, 1.82) is 0 Å². The largest absolute Gasteiger partial charge is 0.386 e. The summed E-state index contributed by atoms with van der Waals surface area (Å²) in [5.41, 5.74) is 0.945. The normalized spacial score (nSPS) is 38.5. The summed E-state index contributed by atoms with van der Waals surface area (Å²) >= 11 is 7.05. The number of ether oxygens (including phenoxy) is 5. The van der Waals surface area contributed by atoms with Crippen LogP contribution in [0, 0.1) is 6.92 Å². The Bertz CT molecular complexity index is 1220. The summed E-state index contributed by atoms with van der Waals surface area (Å²) in [6.45, 7) is 9.02. The van der Waals surface area contributed by atoms with Gasteiger partial charge < -0.3 is 28.8 Å². The number of hydrogen-bond donors (Lipinski definition) is 2. The van der Waals surface area contributed by atoms with Crippen molar-refractivity contribution in [3.63, 3.8) is 0 Å². The molecule has 0 unspecified atom stereocenters. The molecular weight excluding hydrogens is 634 g/mol. The van der Waals surface area contributed by atoms with Gasteiger partial charge in [0.2, 0.25) is 10.0 Å². The van der Waals surface area contributed by atoms with E-state index >= 15 is 0 Å². The van der Waals surface area contributed by atoms with Crippen LogP contribution in [-0.4, -0.2) is 73.9 Å². The quantitative estimate of drug-likeness (QED) is 0.493. The first-order valence-electron chi connectivity index (χ1n) is 12.0. The van der Waals surface area contributed by atoms with Crippen LogP contribution >= 0.6 is 31.9 Å². The number of sulfonamides is 1. The van der Waals surface area contributed by atoms with Crippen LogP contribution in [0.2, 0.25) is 0 Å². The number of aliphatic hydroxyl groups excluding tert-OH is 1. The van der Waals surface area contributed by atoms with Crippen molar-refractivity contribution in [2.24, 2.45) is 0 Å². The van der Waals surface area contributed by atoms with Crippen molar-refractivity contribution in [2.75, 3.05) is 0 Å². The smallest absolute Gasteiger partial charge is 0.241 e. The summed E-state index contributed by atoms with van der Waals surface area (Å²) in [4.78, 5) is 0.124. The van der Waals surface area contributed by atoms with Gasteiger partial charge in [0.1, 0.15) is 36.6 Å². The van der Waals surface area contributed by atoms with E-state index in [2.05, 4.69) is 36.6 Å². The molecule has 2 N–H and O–H groups in total. The Morgan fingerprint density at radius 3 is 2.05 bits per heavy atom. The highest BCUT2D eigenvalue weighted by Gasteiger charge is 2.56. The van der Waals surface area contributed by atoms with Crippen LogP contribution in [0.5, 0.6) is 0 Å². The van der Waals surface area contributed by atoms with Gasteiger partial charge in [0.25, 0.3) is 0 Å². The molecule has 2 heterocycles. The summed E-state index contributed by atoms with van der Waals surface area (Å²) in [7, 11) is -3.95. The molecule has 0 radical (unpaired) electrons. The number of hydrogen-bond acceptors (Lipinski definition) is 8. The van der Waals surface area contributed by atoms with Crippen LogP contribution in [-0.2, 0) is 33.7 Å². The Morgan fingerprint density at radius 1 is 0.892 bits per heavy atom. The van der Waals surface area contributed by atoms with Crippen molar-refractivity contribution in [2.45, 2.75) is 99.9 Å². The average Bonchev–Trinajstić information content (AvgIpc) is 3.29. The molecule has 37 heavy (non-hydrogen) atoms. The molecule has 12 heteroatoms. The lowest BCUT2D eigenvalue weighted by Gasteiger charge is -2.40. The summed E-state index contributed by atoms with van der Waals surface area (Å²) in [5.74, 6) is -1.83. The van der Waals surface area contributed by atoms with Crippen molar-refractivity contribution in [3.05, 3.63) is 50.9 Å². The van der Waals surface area contributed by atoms with Gasteiger partial charge in [0.15, 0.2) is 11.6 Å². The molecule has 8 atom stereocenters. The predicted molar refractivity (Wildman–Crippen MR) is 142 cm³/mol. The summed E-state index contributed by atoms with van der Waals surface area (Å²) in [6, 6.07) is 5.72. The van der Waals surface area contributed by atoms with E-state index in [9.17, 15) is 13.5 Å². The van der Waals surface area contributed by atoms with Gasteiger partial charge in [-0.15, -0.1) is 0 Å². The minimum Gasteiger partial charge on any atom is -0.386 e. The third kappa shape index (κ3) is 5.52. The zero-order valence-electron chi connectivity index (χ0n) is 21.1. The van der Waals surface area contributed by atoms with Crippen molar-refractivity contribution in [1.82, 2.24) is 4.72 Å². The topological polar surface area (TPSA) is 113 Å². The highest BCUT2D eigenvalue weighted by molar-refractivity contribution is 9.12. The Morgan fingerprint density at radius 2 is 1.43 bits per heavy atom. The lowest BCUT2D eigenvalue weighted by Crippen LogP contribution is -2.59. The summed E-state index contributed by atoms with van der Waals surface area (Å²) in [5, 5.41) is 11.0. The summed E-state index contributed by atoms with van der Waals surface area (Å²) in [6.07, 6.45) is -1.65. The van der Waals surface area contributed by atoms with Gasteiger partial charge in [0.05, 0.1) is 17.0 Å². The van der Waals surface area contributed by atoms with Gasteiger partial charge in [-0.3, -0.25) is 0 Å². The van der Waals surface area contributed by atoms with Gasteiger partial charge >= 0.3 is 0 Å². The zero-order valence-corrected chi connectivity index (χ0v) is 25.0. The highest BCUT2D eigenvalue weighted by Crippen LogP contribution is 2.44. The van der Waals surface area contributed by atoms with E-state index in [1.54, 1.807) is 64.1 Å². The first-order valence-corrected chi connectivity index (χ1v) is 15.1. The molecule has 0 bridgehead atoms. The molecule has 0 amide bonds. The second kappa shape index (κ2) is 9.76. The van der Waals surface area contributed by atoms with Gasteiger partial charge in [-0.2, -0.15) is 0 Å². The van der Waals surface area contributed by atoms with Gasteiger partial charge in [-0.1, -0.05) is 49.6 Å². The lowest BCUT2D eigenvalue weighted by molar-refractivity contribution is -0.177. The van der Waals surface area contributed by atoms with E-state index in [1.807, 2.05) is 6.92 Å². The van der Waals surface area contributed by atoms with Crippen LogP contribution < -0.4 is 4.72 Å². The number of aliphatic hydroxyl groups is 1. The van der Waals surface area contributed by atoms with E-state index in [1.165, 1.54) is 0 Å². The van der Waals surface area contributed by atoms with Crippen LogP contribution in [0.4, 0.5) is 0 Å². The second-order valence-corrected chi connectivity index (χ2v) is 14.2. The van der Waals surface area contributed by atoms with E-state index in [0.717, 1.165) is 5.56 Å². The molecule has 0 spiro atoms. The molecule has 2 fully saturated rings. The molecular formula is C25H31Br2NO8S. The Kier molecular flexibility index (Phi) is 7.35. The van der Waals surface area contributed by atoms with Crippen molar-refractivity contribution >= 4 is 41.9 Å². The molecule has 2 saturated heterocycles. The number of benzene rings is 1. The van der Waals surface area contributed by atoms with Gasteiger partial charge in [-0.25, -0.2) is 13.1 Å². The average molecular weight is 665 g/mol. The minimum atomic E-state index is -3.95. The molecule has 2 aliphatic carbocycles. The van der Waals surface area contributed by atoms with E-state index in [0.29, 0.717) is 8.96 Å². The molecule has 2 aliphatic heterocycles. The molecule has 9 nitrogen and oxygen atoms in total. The van der Waals surface area contributed by atoms with E-state index in [-0.39, 0.29) is 4.90 Å². The fourth-order valence-electron chi connectivity index (χ4n) is 5.16. The molecule has 0 aromatic heterocycles. The molecule has 0 saturated carbocycles. The maximum Gasteiger partial charge on any atom is 0.241 e. The Labute approximate surface area is 233 Å². The Hall–Kier alpha value is -0.670. The van der Waals surface area contributed by atoms with Gasteiger partial charge in [-0.05, 0) is 58.9 Å². The monoisotopic (exact) mass is 663 g/mol. The fraction of sp³-hybridized carbons (Fsp3) is 0.600. The SMILES string of the molecule is Cc1ccc(S(=O)(=O)N[C@H]2[C@@H]3OC(C)(C)O[C@@H]3C(Br)=C[C@@H]2O[C@H]2[C@@H]3OC(C)(C)O[C@@H]3C(Br)=C[C@@H]2O)cc1. The fourth-order valence-corrected chi connectivity index (χ4v) is 7.66. The second-order valence-electron chi connectivity index (χ2n) is 10.7. The maximum atomic E-state index is 13.5. The maximum absolute atomic E-state index is 13.5. The number of rotatable bonds is 5. The third-order valence-corrected chi connectivity index (χ3v) is 9.67. The first kappa shape index (κ1) is 27.9. The van der Waals surface area contributed by atoms with Gasteiger partial charge in [0, 0.05) is 8.96 Å². The number of fused-ring (bicyclic) bond motifs is 2. The van der Waals surface area contributed by atoms with Crippen molar-refractivity contribution < 1.29 is 37.2 Å². The summed E-state index contributed by atoms with van der Waals surface area (Å²) < 4.78 is 61.9. The molecule has 5 rings (SSSR count). The number of halogens is 2. The standard InChI is InChI=1S/C25H31Br2NO8S/c1-12-6-8-13(9-7-12)37(30,31)28-18-17(11-15(27)19-22(18)35-24(2,3)33-19)32-21-16(29)10-14(26)20-23(21)36-25(4,5)34-20/h6-11,16-23,28-29H,1-5H3/t16-,17-,18+,19+,20+,21+,22-,23+/m0/s1. The highest BCUT2D eigenvalue weighted by atomic mass is 79.9. The molecule has 1 aromatic carbocycles.